The highest BCUT2D eigenvalue weighted by molar-refractivity contribution is 5.95. The highest BCUT2D eigenvalue weighted by Gasteiger charge is 2.46. The minimum Gasteiger partial charge on any atom is -0.496 e. The van der Waals surface area contributed by atoms with Crippen molar-refractivity contribution in [1.82, 2.24) is 14.7 Å². The predicted octanol–water partition coefficient (Wildman–Crippen LogP) is 4.50. The fourth-order valence-electron chi connectivity index (χ4n) is 5.31. The van der Waals surface area contributed by atoms with E-state index in [9.17, 15) is 4.79 Å². The summed E-state index contributed by atoms with van der Waals surface area (Å²) in [6.45, 7) is 1.28. The second kappa shape index (κ2) is 7.12. The highest BCUT2D eigenvalue weighted by atomic mass is 16.5. The quantitative estimate of drug-likeness (QED) is 0.615. The number of piperidine rings is 1. The molecular formula is C26H27N3O3. The van der Waals surface area contributed by atoms with Crippen LogP contribution in [0.5, 0.6) is 11.5 Å². The van der Waals surface area contributed by atoms with Gasteiger partial charge in [-0.05, 0) is 48.6 Å². The van der Waals surface area contributed by atoms with Gasteiger partial charge in [0.15, 0.2) is 0 Å². The molecule has 1 aromatic heterocycles. The van der Waals surface area contributed by atoms with E-state index in [1.54, 1.807) is 7.11 Å². The molecule has 1 saturated heterocycles. The summed E-state index contributed by atoms with van der Waals surface area (Å²) in [7, 11) is 3.66. The van der Waals surface area contributed by atoms with E-state index < -0.39 is 5.60 Å². The van der Waals surface area contributed by atoms with Crippen LogP contribution in [0.3, 0.4) is 0 Å². The summed E-state index contributed by atoms with van der Waals surface area (Å²) in [6.07, 6.45) is 5.82. The van der Waals surface area contributed by atoms with Crippen molar-refractivity contribution in [3.8, 4) is 22.8 Å². The molecule has 0 bridgehead atoms. The molecule has 6 rings (SSSR count). The van der Waals surface area contributed by atoms with E-state index in [-0.39, 0.29) is 5.91 Å². The number of hydrogen-bond acceptors (Lipinski definition) is 4. The summed E-state index contributed by atoms with van der Waals surface area (Å²) in [5.41, 5.74) is 4.80. The van der Waals surface area contributed by atoms with Crippen molar-refractivity contribution in [2.24, 2.45) is 7.05 Å². The van der Waals surface area contributed by atoms with Gasteiger partial charge in [0.05, 0.1) is 19.0 Å². The van der Waals surface area contributed by atoms with Crippen LogP contribution in [0, 0.1) is 0 Å². The van der Waals surface area contributed by atoms with Crippen molar-refractivity contribution >= 4 is 5.91 Å². The first-order valence-corrected chi connectivity index (χ1v) is 11.4. The molecule has 0 radical (unpaired) electrons. The topological polar surface area (TPSA) is 56.6 Å². The van der Waals surface area contributed by atoms with Crippen molar-refractivity contribution in [2.45, 2.75) is 37.2 Å². The van der Waals surface area contributed by atoms with Crippen molar-refractivity contribution in [3.63, 3.8) is 0 Å². The van der Waals surface area contributed by atoms with E-state index >= 15 is 0 Å². The smallest absolute Gasteiger partial charge is 0.253 e. The minimum atomic E-state index is -0.442. The van der Waals surface area contributed by atoms with E-state index in [2.05, 4.69) is 17.2 Å². The number of benzene rings is 2. The summed E-state index contributed by atoms with van der Waals surface area (Å²) in [4.78, 5) is 15.2. The van der Waals surface area contributed by atoms with Crippen LogP contribution in [-0.4, -0.2) is 40.8 Å². The number of hydrogen-bond donors (Lipinski definition) is 0. The number of fused-ring (bicyclic) bond motifs is 4. The Bertz CT molecular complexity index is 1200. The molecule has 32 heavy (non-hydrogen) atoms. The Morgan fingerprint density at radius 1 is 1.16 bits per heavy atom. The van der Waals surface area contributed by atoms with Gasteiger partial charge in [0.25, 0.3) is 5.91 Å². The SMILES string of the molecule is COc1cc(C(=O)N2CCC3(CC2)Oc2ccccc2-c2c3cnn2C)ccc1C1CC1. The predicted molar refractivity (Wildman–Crippen MR) is 121 cm³/mol. The number of methoxy groups -OCH3 is 1. The monoisotopic (exact) mass is 429 g/mol. The molecule has 6 heteroatoms. The zero-order chi connectivity index (χ0) is 21.9. The third-order valence-corrected chi connectivity index (χ3v) is 7.23. The Hall–Kier alpha value is -3.28. The first-order chi connectivity index (χ1) is 15.6. The molecule has 2 aliphatic heterocycles. The van der Waals surface area contributed by atoms with Crippen LogP contribution < -0.4 is 9.47 Å². The van der Waals surface area contributed by atoms with Gasteiger partial charge in [-0.1, -0.05) is 18.2 Å². The van der Waals surface area contributed by atoms with Crippen LogP contribution in [0.4, 0.5) is 0 Å². The minimum absolute atomic E-state index is 0.0584. The summed E-state index contributed by atoms with van der Waals surface area (Å²) in [6, 6.07) is 14.1. The lowest BCUT2D eigenvalue weighted by Gasteiger charge is -2.44. The molecule has 3 heterocycles. The normalized spacial score (nSPS) is 18.6. The van der Waals surface area contributed by atoms with E-state index in [0.29, 0.717) is 24.6 Å². The van der Waals surface area contributed by atoms with Gasteiger partial charge in [-0.2, -0.15) is 5.10 Å². The molecule has 3 aliphatic rings. The fraction of sp³-hybridized carbons (Fsp3) is 0.385. The lowest BCUT2D eigenvalue weighted by atomic mass is 9.81. The molecule has 2 fully saturated rings. The summed E-state index contributed by atoms with van der Waals surface area (Å²) < 4.78 is 14.1. The molecule has 0 N–H and O–H groups in total. The highest BCUT2D eigenvalue weighted by Crippen LogP contribution is 2.49. The van der Waals surface area contributed by atoms with Gasteiger partial charge in [0, 0.05) is 49.7 Å². The maximum atomic E-state index is 13.3. The Labute approximate surface area is 187 Å². The van der Waals surface area contributed by atoms with E-state index in [1.807, 2.05) is 53.2 Å². The van der Waals surface area contributed by atoms with Gasteiger partial charge in [0.1, 0.15) is 17.1 Å². The molecule has 6 nitrogen and oxygen atoms in total. The van der Waals surface area contributed by atoms with Gasteiger partial charge in [-0.25, -0.2) is 0 Å². The van der Waals surface area contributed by atoms with Gasteiger partial charge in [0.2, 0.25) is 0 Å². The molecule has 1 spiro atoms. The van der Waals surface area contributed by atoms with Crippen LogP contribution in [0.2, 0.25) is 0 Å². The summed E-state index contributed by atoms with van der Waals surface area (Å²) >= 11 is 0. The molecule has 164 valence electrons. The number of aryl methyl sites for hydroxylation is 1. The number of para-hydroxylation sites is 1. The number of amides is 1. The third kappa shape index (κ3) is 2.93. The second-order valence-electron chi connectivity index (χ2n) is 9.15. The Morgan fingerprint density at radius 2 is 1.94 bits per heavy atom. The second-order valence-corrected chi connectivity index (χ2v) is 9.15. The Morgan fingerprint density at radius 3 is 2.69 bits per heavy atom. The number of nitrogens with zero attached hydrogens (tertiary/aromatic N) is 3. The number of ether oxygens (including phenoxy) is 2. The van der Waals surface area contributed by atoms with Crippen LogP contribution in [0.1, 0.15) is 53.1 Å². The molecule has 0 atom stereocenters. The zero-order valence-electron chi connectivity index (χ0n) is 18.5. The van der Waals surface area contributed by atoms with Crippen LogP contribution >= 0.6 is 0 Å². The average Bonchev–Trinajstić information content (AvgIpc) is 3.60. The number of aromatic nitrogens is 2. The fourth-order valence-corrected chi connectivity index (χ4v) is 5.31. The molecule has 2 aromatic carbocycles. The van der Waals surface area contributed by atoms with Gasteiger partial charge < -0.3 is 14.4 Å². The Balaban J connectivity index is 1.25. The van der Waals surface area contributed by atoms with Crippen LogP contribution in [0.15, 0.2) is 48.7 Å². The van der Waals surface area contributed by atoms with E-state index in [1.165, 1.54) is 18.4 Å². The lowest BCUT2D eigenvalue weighted by molar-refractivity contribution is -0.00173. The lowest BCUT2D eigenvalue weighted by Crippen LogP contribution is -2.49. The number of likely N-dealkylation sites (tertiary alicyclic amines) is 1. The van der Waals surface area contributed by atoms with Crippen molar-refractivity contribution in [1.29, 1.82) is 0 Å². The van der Waals surface area contributed by atoms with Crippen molar-refractivity contribution < 1.29 is 14.3 Å². The van der Waals surface area contributed by atoms with Gasteiger partial charge in [-0.15, -0.1) is 0 Å². The summed E-state index contributed by atoms with van der Waals surface area (Å²) in [5, 5.41) is 4.54. The van der Waals surface area contributed by atoms with E-state index in [4.69, 9.17) is 9.47 Å². The first-order valence-electron chi connectivity index (χ1n) is 11.4. The van der Waals surface area contributed by atoms with Crippen molar-refractivity contribution in [3.05, 3.63) is 65.4 Å². The van der Waals surface area contributed by atoms with Crippen molar-refractivity contribution in [2.75, 3.05) is 20.2 Å². The number of carbonyl (C=O) groups excluding carboxylic acids is 1. The van der Waals surface area contributed by atoms with Gasteiger partial charge >= 0.3 is 0 Å². The number of carbonyl (C=O) groups is 1. The average molecular weight is 430 g/mol. The Kier molecular flexibility index (Phi) is 4.32. The molecule has 1 aliphatic carbocycles. The standard InChI is InChI=1S/C26H27N3O3/c1-28-24-20-5-3-4-6-22(20)32-26(21(24)16-27-28)11-13-29(14-12-26)25(30)18-9-10-19(17-7-8-17)23(15-18)31-2/h3-6,9-10,15-17H,7-8,11-14H2,1-2H3. The molecule has 3 aromatic rings. The zero-order valence-corrected chi connectivity index (χ0v) is 18.5. The number of rotatable bonds is 3. The van der Waals surface area contributed by atoms with Crippen LogP contribution in [-0.2, 0) is 12.6 Å². The van der Waals surface area contributed by atoms with E-state index in [0.717, 1.165) is 41.2 Å². The maximum Gasteiger partial charge on any atom is 0.253 e. The molecule has 0 unspecified atom stereocenters. The molecule has 1 saturated carbocycles. The molecule has 1 amide bonds. The first kappa shape index (κ1) is 19.4. The summed E-state index contributed by atoms with van der Waals surface area (Å²) in [5.74, 6) is 2.37. The van der Waals surface area contributed by atoms with Crippen LogP contribution in [0.25, 0.3) is 11.3 Å². The van der Waals surface area contributed by atoms with Gasteiger partial charge in [-0.3, -0.25) is 9.48 Å². The maximum absolute atomic E-state index is 13.3. The molecular weight excluding hydrogens is 402 g/mol. The largest absolute Gasteiger partial charge is 0.496 e. The third-order valence-electron chi connectivity index (χ3n) is 7.23.